The van der Waals surface area contributed by atoms with E-state index in [9.17, 15) is 14.4 Å². The van der Waals surface area contributed by atoms with Crippen molar-refractivity contribution in [3.63, 3.8) is 0 Å². The van der Waals surface area contributed by atoms with Crippen LogP contribution in [0.2, 0.25) is 5.02 Å². The number of anilines is 1. The second kappa shape index (κ2) is 12.8. The Balaban J connectivity index is 1.48. The molecule has 0 aliphatic carbocycles. The molecule has 1 aliphatic heterocycles. The third-order valence-electron chi connectivity index (χ3n) is 5.23. The molecule has 0 unspecified atom stereocenters. The van der Waals surface area contributed by atoms with Crippen molar-refractivity contribution in [2.24, 2.45) is 0 Å². The molecule has 1 saturated heterocycles. The fourth-order valence-corrected chi connectivity index (χ4v) is 5.28. The quantitative estimate of drug-likeness (QED) is 0.236. The van der Waals surface area contributed by atoms with Crippen LogP contribution in [0.4, 0.5) is 10.5 Å². The molecule has 0 radical (unpaired) electrons. The van der Waals surface area contributed by atoms with Gasteiger partial charge in [0.25, 0.3) is 11.1 Å². The number of thioether (sulfide) groups is 1. The summed E-state index contributed by atoms with van der Waals surface area (Å²) in [6.45, 7) is 2.17. The molecule has 0 spiro atoms. The number of amides is 3. The topological polar surface area (TPSA) is 84.9 Å². The van der Waals surface area contributed by atoms with E-state index in [4.69, 9.17) is 21.1 Å². The number of halogens is 3. The van der Waals surface area contributed by atoms with Crippen molar-refractivity contribution < 1.29 is 23.9 Å². The van der Waals surface area contributed by atoms with Crippen molar-refractivity contribution in [3.8, 4) is 11.5 Å². The minimum atomic E-state index is -0.539. The van der Waals surface area contributed by atoms with Gasteiger partial charge in [0.1, 0.15) is 13.2 Å². The third-order valence-corrected chi connectivity index (χ3v) is 7.51. The lowest BCUT2D eigenvalue weighted by molar-refractivity contribution is -0.127. The lowest BCUT2D eigenvalue weighted by atomic mass is 10.1. The molecule has 0 saturated carbocycles. The van der Waals surface area contributed by atoms with E-state index < -0.39 is 17.1 Å². The predicted molar refractivity (Wildman–Crippen MR) is 157 cm³/mol. The Morgan fingerprint density at radius 3 is 2.45 bits per heavy atom. The van der Waals surface area contributed by atoms with Crippen molar-refractivity contribution in [2.75, 3.05) is 18.5 Å². The zero-order chi connectivity index (χ0) is 27.2. The van der Waals surface area contributed by atoms with Gasteiger partial charge in [-0.2, -0.15) is 0 Å². The highest BCUT2D eigenvalue weighted by molar-refractivity contribution is 9.10. The van der Waals surface area contributed by atoms with Crippen LogP contribution in [0.15, 0.2) is 74.5 Å². The lowest BCUT2D eigenvalue weighted by Crippen LogP contribution is -2.36. The number of imide groups is 1. The van der Waals surface area contributed by atoms with E-state index in [1.54, 1.807) is 54.6 Å². The zero-order valence-corrected chi connectivity index (χ0v) is 24.7. The molecule has 1 aliphatic rings. The molecule has 196 valence electrons. The summed E-state index contributed by atoms with van der Waals surface area (Å²) in [7, 11) is 0. The Morgan fingerprint density at radius 1 is 1.05 bits per heavy atom. The lowest BCUT2D eigenvalue weighted by Gasteiger charge is -2.15. The zero-order valence-electron chi connectivity index (χ0n) is 20.0. The monoisotopic (exact) mass is 678 g/mol. The van der Waals surface area contributed by atoms with Crippen LogP contribution in [0.25, 0.3) is 6.08 Å². The summed E-state index contributed by atoms with van der Waals surface area (Å²) in [5.74, 6) is -0.0191. The molecule has 0 bridgehead atoms. The number of rotatable bonds is 9. The first-order valence-corrected chi connectivity index (χ1v) is 14.2. The van der Waals surface area contributed by atoms with Gasteiger partial charge in [0, 0.05) is 15.2 Å². The minimum Gasteiger partial charge on any atom is -0.490 e. The average Bonchev–Trinajstić information content (AvgIpc) is 3.13. The fourth-order valence-electron chi connectivity index (χ4n) is 3.48. The van der Waals surface area contributed by atoms with E-state index in [0.29, 0.717) is 45.5 Å². The number of hydrogen-bond acceptors (Lipinski definition) is 6. The fraction of sp³-hybridized carbons (Fsp3) is 0.148. The molecule has 4 rings (SSSR count). The van der Waals surface area contributed by atoms with Crippen LogP contribution in [-0.2, 0) is 16.2 Å². The number of benzene rings is 3. The van der Waals surface area contributed by atoms with Gasteiger partial charge in [-0.15, -0.1) is 0 Å². The van der Waals surface area contributed by atoms with Crippen LogP contribution in [0.1, 0.15) is 18.1 Å². The van der Waals surface area contributed by atoms with E-state index in [-0.39, 0.29) is 11.4 Å². The van der Waals surface area contributed by atoms with E-state index >= 15 is 0 Å². The molecule has 1 heterocycles. The molecule has 11 heteroatoms. The van der Waals surface area contributed by atoms with Gasteiger partial charge in [0.05, 0.1) is 16.0 Å². The first-order valence-electron chi connectivity index (χ1n) is 11.4. The van der Waals surface area contributed by atoms with Crippen molar-refractivity contribution in [1.82, 2.24) is 4.90 Å². The largest absolute Gasteiger partial charge is 0.490 e. The highest BCUT2D eigenvalue weighted by Crippen LogP contribution is 2.39. The van der Waals surface area contributed by atoms with E-state index in [0.717, 1.165) is 26.7 Å². The number of nitrogens with zero attached hydrogens (tertiary/aromatic N) is 1. The van der Waals surface area contributed by atoms with Gasteiger partial charge in [-0.25, -0.2) is 0 Å². The smallest absolute Gasteiger partial charge is 0.294 e. The van der Waals surface area contributed by atoms with E-state index in [1.165, 1.54) is 0 Å². The molecule has 3 aromatic carbocycles. The number of ether oxygens (including phenoxy) is 2. The van der Waals surface area contributed by atoms with Gasteiger partial charge in [0.15, 0.2) is 11.5 Å². The van der Waals surface area contributed by atoms with Crippen molar-refractivity contribution >= 4 is 84.0 Å². The summed E-state index contributed by atoms with van der Waals surface area (Å²) in [5.41, 5.74) is 2.13. The Labute approximate surface area is 245 Å². The SMILES string of the molecule is CCOc1cc(/C=C2/SC(=O)N(CC(=O)Nc3ccc(Br)cc3)C2=O)cc(Br)c1OCc1ccc(Cl)cc1. The normalized spacial score (nSPS) is 14.2. The van der Waals surface area contributed by atoms with E-state index in [2.05, 4.69) is 37.2 Å². The van der Waals surface area contributed by atoms with E-state index in [1.807, 2.05) is 19.1 Å². The number of carbonyl (C=O) groups is 3. The van der Waals surface area contributed by atoms with Crippen LogP contribution in [0.5, 0.6) is 11.5 Å². The summed E-state index contributed by atoms with van der Waals surface area (Å²) in [5, 5.41) is 2.81. The minimum absolute atomic E-state index is 0.204. The van der Waals surface area contributed by atoms with Crippen molar-refractivity contribution in [1.29, 1.82) is 0 Å². The molecular weight excluding hydrogens is 660 g/mol. The van der Waals surface area contributed by atoms with Crippen LogP contribution in [0, 0.1) is 0 Å². The number of hydrogen-bond donors (Lipinski definition) is 1. The van der Waals surface area contributed by atoms with Crippen LogP contribution in [0.3, 0.4) is 0 Å². The first-order chi connectivity index (χ1) is 18.2. The standard InChI is InChI=1S/C27H21Br2ClN2O5S/c1-2-36-22-12-17(11-21(29)25(22)37-15-16-3-7-19(30)8-4-16)13-23-26(34)32(27(35)38-23)14-24(33)31-20-9-5-18(28)6-10-20/h3-13H,2,14-15H2,1H3,(H,31,33)/b23-13+. The van der Waals surface area contributed by atoms with Gasteiger partial charge in [0.2, 0.25) is 5.91 Å². The van der Waals surface area contributed by atoms with Crippen molar-refractivity contribution in [2.45, 2.75) is 13.5 Å². The molecule has 1 fully saturated rings. The van der Waals surface area contributed by atoms with Gasteiger partial charge in [-0.3, -0.25) is 19.3 Å². The highest BCUT2D eigenvalue weighted by Gasteiger charge is 2.36. The predicted octanol–water partition coefficient (Wildman–Crippen LogP) is 7.52. The molecule has 1 N–H and O–H groups in total. The van der Waals surface area contributed by atoms with Gasteiger partial charge in [-0.05, 0) is 100 Å². The average molecular weight is 681 g/mol. The van der Waals surface area contributed by atoms with Crippen LogP contribution < -0.4 is 14.8 Å². The molecule has 38 heavy (non-hydrogen) atoms. The third kappa shape index (κ3) is 7.19. The maximum absolute atomic E-state index is 13.0. The number of carbonyl (C=O) groups excluding carboxylic acids is 3. The van der Waals surface area contributed by atoms with Crippen molar-refractivity contribution in [3.05, 3.63) is 90.7 Å². The van der Waals surface area contributed by atoms with Gasteiger partial charge in [-0.1, -0.05) is 39.7 Å². The van der Waals surface area contributed by atoms with Crippen LogP contribution in [-0.4, -0.2) is 35.1 Å². The van der Waals surface area contributed by atoms with Gasteiger partial charge >= 0.3 is 0 Å². The Hall–Kier alpha value is -2.79. The molecule has 3 amide bonds. The maximum atomic E-state index is 13.0. The Morgan fingerprint density at radius 2 is 1.76 bits per heavy atom. The second-order valence-electron chi connectivity index (χ2n) is 8.00. The highest BCUT2D eigenvalue weighted by atomic mass is 79.9. The summed E-state index contributed by atoms with van der Waals surface area (Å²) in [6, 6.07) is 17.8. The molecular formula is C27H21Br2ClN2O5S. The molecule has 3 aromatic rings. The van der Waals surface area contributed by atoms with Crippen LogP contribution >= 0.6 is 55.2 Å². The maximum Gasteiger partial charge on any atom is 0.294 e. The number of nitrogens with one attached hydrogen (secondary N) is 1. The van der Waals surface area contributed by atoms with Gasteiger partial charge < -0.3 is 14.8 Å². The molecule has 0 aromatic heterocycles. The summed E-state index contributed by atoms with van der Waals surface area (Å²) in [4.78, 5) is 39.1. The Kier molecular flexibility index (Phi) is 9.54. The molecule has 0 atom stereocenters. The second-order valence-corrected chi connectivity index (χ2v) is 11.2. The summed E-state index contributed by atoms with van der Waals surface area (Å²) in [6.07, 6.45) is 1.59. The summed E-state index contributed by atoms with van der Waals surface area (Å²) < 4.78 is 13.3. The summed E-state index contributed by atoms with van der Waals surface area (Å²) >= 11 is 13.6. The molecule has 7 nitrogen and oxygen atoms in total. The Bertz CT molecular complexity index is 1400. The first kappa shape index (κ1) is 28.2.